The Hall–Kier alpha value is -1.01. The minimum absolute atomic E-state index is 0.245. The van der Waals surface area contributed by atoms with E-state index in [-0.39, 0.29) is 6.79 Å². The topological polar surface area (TPSA) is 49.0 Å². The van der Waals surface area contributed by atoms with Crippen molar-refractivity contribution in [2.45, 2.75) is 19.4 Å². The van der Waals surface area contributed by atoms with Crippen molar-refractivity contribution in [2.75, 3.05) is 40.3 Å². The van der Waals surface area contributed by atoms with Gasteiger partial charge in [0.2, 0.25) is 6.79 Å². The Balaban J connectivity index is 1.58. The molecule has 0 fully saturated rings. The number of fused-ring (bicyclic) bond motifs is 1. The monoisotopic (exact) mass is 315 g/mol. The summed E-state index contributed by atoms with van der Waals surface area (Å²) in [6.07, 6.45) is 2.11. The molecule has 118 valence electrons. The summed E-state index contributed by atoms with van der Waals surface area (Å²) < 4.78 is 20.9. The average Bonchev–Trinajstić information content (AvgIpc) is 2.94. The van der Waals surface area contributed by atoms with Crippen molar-refractivity contribution in [3.8, 4) is 11.5 Å². The Morgan fingerprint density at radius 1 is 1.19 bits per heavy atom. The molecule has 2 rings (SSSR count). The molecule has 0 bridgehead atoms. The maximum Gasteiger partial charge on any atom is 0.231 e. The first-order chi connectivity index (χ1) is 10.3. The van der Waals surface area contributed by atoms with E-state index in [1.807, 2.05) is 12.1 Å². The lowest BCUT2D eigenvalue weighted by molar-refractivity contribution is 0.0688. The zero-order valence-electron chi connectivity index (χ0n) is 12.3. The maximum atomic E-state index is 6.14. The van der Waals surface area contributed by atoms with Gasteiger partial charge in [-0.1, -0.05) is 11.6 Å². The van der Waals surface area contributed by atoms with Crippen molar-refractivity contribution >= 4 is 11.6 Å². The van der Waals surface area contributed by atoms with Crippen LogP contribution in [-0.4, -0.2) is 40.3 Å². The van der Waals surface area contributed by atoms with Gasteiger partial charge >= 0.3 is 0 Å². The van der Waals surface area contributed by atoms with Crippen LogP contribution in [0.25, 0.3) is 0 Å². The predicted octanol–water partition coefficient (Wildman–Crippen LogP) is 2.60. The number of benzene rings is 1. The molecule has 21 heavy (non-hydrogen) atoms. The lowest BCUT2D eigenvalue weighted by Crippen LogP contribution is -2.15. The molecule has 1 aliphatic rings. The third-order valence-corrected chi connectivity index (χ3v) is 3.42. The summed E-state index contributed by atoms with van der Waals surface area (Å²) in [5.74, 6) is 1.37. The number of rotatable bonds is 10. The molecule has 0 amide bonds. The number of hydrogen-bond acceptors (Lipinski definition) is 5. The highest BCUT2D eigenvalue weighted by atomic mass is 35.5. The van der Waals surface area contributed by atoms with Gasteiger partial charge in [-0.15, -0.1) is 0 Å². The molecule has 0 saturated carbocycles. The van der Waals surface area contributed by atoms with Crippen LogP contribution in [0.1, 0.15) is 18.4 Å². The van der Waals surface area contributed by atoms with Gasteiger partial charge in [0.25, 0.3) is 0 Å². The second-order valence-electron chi connectivity index (χ2n) is 4.80. The van der Waals surface area contributed by atoms with Gasteiger partial charge in [0, 0.05) is 20.3 Å². The number of methoxy groups -OCH3 is 1. The number of halogens is 1. The molecule has 6 heteroatoms. The first kappa shape index (κ1) is 16.4. The third-order valence-electron chi connectivity index (χ3n) is 3.14. The molecule has 0 spiro atoms. The Bertz CT molecular complexity index is 442. The van der Waals surface area contributed by atoms with Crippen LogP contribution in [0, 0.1) is 0 Å². The zero-order chi connectivity index (χ0) is 14.9. The average molecular weight is 316 g/mol. The number of ether oxygens (including phenoxy) is 4. The third kappa shape index (κ3) is 5.36. The van der Waals surface area contributed by atoms with E-state index in [1.54, 1.807) is 7.11 Å². The van der Waals surface area contributed by atoms with Crippen molar-refractivity contribution in [1.82, 2.24) is 5.32 Å². The molecular formula is C15H22ClNO4. The van der Waals surface area contributed by atoms with Crippen molar-refractivity contribution in [3.63, 3.8) is 0 Å². The standard InChI is InChI=1S/C15H22ClNO4/c1-18-6-7-19-5-3-2-4-17-10-12-8-13(16)15-14(9-12)20-11-21-15/h8-9,17H,2-7,10-11H2,1H3. The Morgan fingerprint density at radius 2 is 2.10 bits per heavy atom. The Labute approximate surface area is 130 Å². The summed E-state index contributed by atoms with van der Waals surface area (Å²) >= 11 is 6.14. The van der Waals surface area contributed by atoms with E-state index in [2.05, 4.69) is 5.32 Å². The summed E-state index contributed by atoms with van der Waals surface area (Å²) in [5, 5.41) is 3.99. The normalized spacial score (nSPS) is 12.9. The quantitative estimate of drug-likeness (QED) is 0.673. The molecular weight excluding hydrogens is 294 g/mol. The maximum absolute atomic E-state index is 6.14. The van der Waals surface area contributed by atoms with Crippen molar-refractivity contribution in [2.24, 2.45) is 0 Å². The van der Waals surface area contributed by atoms with Crippen LogP contribution in [0.4, 0.5) is 0 Å². The van der Waals surface area contributed by atoms with E-state index >= 15 is 0 Å². The SMILES string of the molecule is COCCOCCCCNCc1cc(Cl)c2c(c1)OCO2. The van der Waals surface area contributed by atoms with Gasteiger partial charge in [-0.25, -0.2) is 0 Å². The van der Waals surface area contributed by atoms with E-state index in [4.69, 9.17) is 30.5 Å². The van der Waals surface area contributed by atoms with Gasteiger partial charge < -0.3 is 24.3 Å². The van der Waals surface area contributed by atoms with Gasteiger partial charge in [0.05, 0.1) is 18.2 Å². The van der Waals surface area contributed by atoms with E-state index in [0.29, 0.717) is 24.0 Å². The molecule has 1 aromatic rings. The Morgan fingerprint density at radius 3 is 2.95 bits per heavy atom. The second-order valence-corrected chi connectivity index (χ2v) is 5.21. The fourth-order valence-electron chi connectivity index (χ4n) is 2.05. The first-order valence-electron chi connectivity index (χ1n) is 7.16. The summed E-state index contributed by atoms with van der Waals surface area (Å²) in [6.45, 7) is 4.05. The van der Waals surface area contributed by atoms with Crippen LogP contribution in [-0.2, 0) is 16.0 Å². The number of hydrogen-bond donors (Lipinski definition) is 1. The molecule has 5 nitrogen and oxygen atoms in total. The fourth-order valence-corrected chi connectivity index (χ4v) is 2.34. The highest BCUT2D eigenvalue weighted by Crippen LogP contribution is 2.39. The number of nitrogens with one attached hydrogen (secondary N) is 1. The second kappa shape index (κ2) is 9.10. The van der Waals surface area contributed by atoms with Crippen LogP contribution in [0.2, 0.25) is 5.02 Å². The zero-order valence-corrected chi connectivity index (χ0v) is 13.1. The molecule has 1 aliphatic heterocycles. The first-order valence-corrected chi connectivity index (χ1v) is 7.54. The Kier molecular flexibility index (Phi) is 7.09. The lowest BCUT2D eigenvalue weighted by Gasteiger charge is -2.07. The minimum atomic E-state index is 0.245. The molecule has 1 heterocycles. The molecule has 1 aromatic carbocycles. The molecule has 0 aliphatic carbocycles. The van der Waals surface area contributed by atoms with Crippen LogP contribution < -0.4 is 14.8 Å². The van der Waals surface area contributed by atoms with Gasteiger partial charge in [0.1, 0.15) is 0 Å². The molecule has 0 aromatic heterocycles. The van der Waals surface area contributed by atoms with E-state index < -0.39 is 0 Å². The smallest absolute Gasteiger partial charge is 0.231 e. The highest BCUT2D eigenvalue weighted by Gasteiger charge is 2.17. The molecule has 0 radical (unpaired) electrons. The molecule has 1 N–H and O–H groups in total. The lowest BCUT2D eigenvalue weighted by atomic mass is 10.2. The largest absolute Gasteiger partial charge is 0.454 e. The summed E-state index contributed by atoms with van der Waals surface area (Å²) in [7, 11) is 1.68. The van der Waals surface area contributed by atoms with Gasteiger partial charge in [-0.2, -0.15) is 0 Å². The number of unbranched alkanes of at least 4 members (excludes halogenated alkanes) is 1. The fraction of sp³-hybridized carbons (Fsp3) is 0.600. The van der Waals surface area contributed by atoms with Gasteiger partial charge in [-0.3, -0.25) is 0 Å². The highest BCUT2D eigenvalue weighted by molar-refractivity contribution is 6.32. The van der Waals surface area contributed by atoms with Gasteiger partial charge in [-0.05, 0) is 37.1 Å². The van der Waals surface area contributed by atoms with E-state index in [1.165, 1.54) is 0 Å². The van der Waals surface area contributed by atoms with Crippen LogP contribution in [0.15, 0.2) is 12.1 Å². The minimum Gasteiger partial charge on any atom is -0.454 e. The summed E-state index contributed by atoms with van der Waals surface area (Å²) in [4.78, 5) is 0. The van der Waals surface area contributed by atoms with Gasteiger partial charge in [0.15, 0.2) is 11.5 Å². The summed E-state index contributed by atoms with van der Waals surface area (Å²) in [5.41, 5.74) is 1.10. The van der Waals surface area contributed by atoms with Crippen molar-refractivity contribution < 1.29 is 18.9 Å². The molecule has 0 atom stereocenters. The van der Waals surface area contributed by atoms with E-state index in [0.717, 1.165) is 43.9 Å². The molecule has 0 saturated heterocycles. The predicted molar refractivity (Wildman–Crippen MR) is 81.2 cm³/mol. The summed E-state index contributed by atoms with van der Waals surface area (Å²) in [6, 6.07) is 3.88. The molecule has 0 unspecified atom stereocenters. The van der Waals surface area contributed by atoms with Crippen LogP contribution in [0.3, 0.4) is 0 Å². The van der Waals surface area contributed by atoms with Crippen molar-refractivity contribution in [3.05, 3.63) is 22.7 Å². The van der Waals surface area contributed by atoms with Crippen molar-refractivity contribution in [1.29, 1.82) is 0 Å². The van der Waals surface area contributed by atoms with Crippen LogP contribution >= 0.6 is 11.6 Å². The van der Waals surface area contributed by atoms with E-state index in [9.17, 15) is 0 Å². The van der Waals surface area contributed by atoms with Crippen LogP contribution in [0.5, 0.6) is 11.5 Å².